The van der Waals surface area contributed by atoms with Gasteiger partial charge in [0.2, 0.25) is 11.8 Å². The van der Waals surface area contributed by atoms with Crippen LogP contribution in [0.5, 0.6) is 5.75 Å². The molecule has 1 aliphatic heterocycles. The summed E-state index contributed by atoms with van der Waals surface area (Å²) in [6, 6.07) is 4.67. The number of benzene rings is 1. The predicted molar refractivity (Wildman–Crippen MR) is 129 cm³/mol. The number of aryl methyl sites for hydroxylation is 2. The van der Waals surface area contributed by atoms with Gasteiger partial charge in [-0.25, -0.2) is 0 Å². The fraction of sp³-hybridized carbons (Fsp3) is 0.560. The molecule has 1 saturated carbocycles. The number of hydrogen-bond donors (Lipinski definition) is 2. The van der Waals surface area contributed by atoms with Crippen molar-refractivity contribution in [1.29, 1.82) is 0 Å². The Morgan fingerprint density at radius 3 is 2.83 bits per heavy atom. The molecular formula is C25H34N6O4. The SMILES string of the molecule is Cc1ccc2c(c1)OCCCn1cc(nn1)CN(C(=O)CC1CC1)CCCNC(=O)[C@@H](C)NC2=O. The first kappa shape index (κ1) is 24.7. The molecule has 2 aromatic rings. The van der Waals surface area contributed by atoms with E-state index in [1.165, 1.54) is 0 Å². The summed E-state index contributed by atoms with van der Waals surface area (Å²) in [6.45, 7) is 5.89. The maximum atomic E-state index is 12.9. The molecule has 1 aromatic heterocycles. The minimum absolute atomic E-state index is 0.112. The lowest BCUT2D eigenvalue weighted by Gasteiger charge is -2.22. The van der Waals surface area contributed by atoms with E-state index in [1.807, 2.05) is 25.3 Å². The molecule has 10 nitrogen and oxygen atoms in total. The van der Waals surface area contributed by atoms with E-state index in [2.05, 4.69) is 20.9 Å². The van der Waals surface area contributed by atoms with Crippen molar-refractivity contribution in [2.24, 2.45) is 5.92 Å². The number of nitrogens with one attached hydrogen (secondary N) is 2. The second-order valence-electron chi connectivity index (χ2n) is 9.48. The van der Waals surface area contributed by atoms with Gasteiger partial charge in [-0.05, 0) is 56.7 Å². The third kappa shape index (κ3) is 7.03. The molecule has 0 unspecified atom stereocenters. The number of carbonyl (C=O) groups is 3. The summed E-state index contributed by atoms with van der Waals surface area (Å²) < 4.78 is 7.68. The Kier molecular flexibility index (Phi) is 7.99. The van der Waals surface area contributed by atoms with Crippen LogP contribution in [0, 0.1) is 12.8 Å². The Hall–Kier alpha value is -3.43. The van der Waals surface area contributed by atoms with Crippen LogP contribution in [-0.4, -0.2) is 63.4 Å². The molecule has 35 heavy (non-hydrogen) atoms. The molecule has 0 spiro atoms. The second kappa shape index (κ2) is 11.3. The zero-order valence-electron chi connectivity index (χ0n) is 20.5. The molecule has 1 aliphatic carbocycles. The monoisotopic (exact) mass is 482 g/mol. The van der Waals surface area contributed by atoms with E-state index >= 15 is 0 Å². The summed E-state index contributed by atoms with van der Waals surface area (Å²) in [7, 11) is 0. The first-order chi connectivity index (χ1) is 16.9. The van der Waals surface area contributed by atoms with E-state index in [0.717, 1.165) is 24.1 Å². The summed E-state index contributed by atoms with van der Waals surface area (Å²) in [6.07, 6.45) is 5.91. The molecule has 1 fully saturated rings. The maximum Gasteiger partial charge on any atom is 0.255 e. The quantitative estimate of drug-likeness (QED) is 0.674. The fourth-order valence-corrected chi connectivity index (χ4v) is 4.03. The number of rotatable bonds is 2. The summed E-state index contributed by atoms with van der Waals surface area (Å²) in [5, 5.41) is 14.1. The van der Waals surface area contributed by atoms with Gasteiger partial charge in [0.25, 0.3) is 5.91 Å². The number of ether oxygens (including phenoxy) is 1. The number of hydrogen-bond acceptors (Lipinski definition) is 6. The van der Waals surface area contributed by atoms with Crippen LogP contribution in [0.2, 0.25) is 0 Å². The Labute approximate surface area is 205 Å². The van der Waals surface area contributed by atoms with Gasteiger partial charge in [-0.2, -0.15) is 0 Å². The average molecular weight is 483 g/mol. The third-order valence-electron chi connectivity index (χ3n) is 6.27. The molecule has 1 aromatic carbocycles. The van der Waals surface area contributed by atoms with Crippen molar-refractivity contribution in [3.8, 4) is 5.75 Å². The molecule has 10 heteroatoms. The van der Waals surface area contributed by atoms with Crippen molar-refractivity contribution in [3.63, 3.8) is 0 Å². The van der Waals surface area contributed by atoms with Gasteiger partial charge in [0, 0.05) is 32.5 Å². The molecule has 2 aliphatic rings. The van der Waals surface area contributed by atoms with Gasteiger partial charge in [0.05, 0.1) is 24.9 Å². The molecule has 2 N–H and O–H groups in total. The van der Waals surface area contributed by atoms with Crippen LogP contribution >= 0.6 is 0 Å². The van der Waals surface area contributed by atoms with Crippen molar-refractivity contribution in [3.05, 3.63) is 41.2 Å². The number of carbonyl (C=O) groups excluding carboxylic acids is 3. The van der Waals surface area contributed by atoms with E-state index in [4.69, 9.17) is 4.74 Å². The summed E-state index contributed by atoms with van der Waals surface area (Å²) in [5.74, 6) is 0.452. The summed E-state index contributed by atoms with van der Waals surface area (Å²) in [4.78, 5) is 40.1. The highest BCUT2D eigenvalue weighted by Crippen LogP contribution is 2.33. The van der Waals surface area contributed by atoms with Crippen molar-refractivity contribution in [1.82, 2.24) is 30.5 Å². The standard InChI is InChI=1S/C25H34N6O4/c1-17-5-8-21-22(13-17)35-12-4-11-31-16-20(28-29-31)15-30(23(32)14-19-6-7-19)10-3-9-26-24(33)18(2)27-25(21)34/h5,8,13,16,18-19H,3-4,6-7,9-12,14-15H2,1-2H3,(H,26,33)(H,27,34)/t18-/m1/s1. The molecule has 2 bridgehead atoms. The van der Waals surface area contributed by atoms with E-state index < -0.39 is 6.04 Å². The highest BCUT2D eigenvalue weighted by atomic mass is 16.5. The normalized spacial score (nSPS) is 20.4. The molecule has 3 amide bonds. The molecule has 0 radical (unpaired) electrons. The van der Waals surface area contributed by atoms with Crippen LogP contribution in [0.25, 0.3) is 0 Å². The van der Waals surface area contributed by atoms with Crippen LogP contribution in [-0.2, 0) is 22.7 Å². The largest absolute Gasteiger partial charge is 0.493 e. The first-order valence-corrected chi connectivity index (χ1v) is 12.4. The fourth-order valence-electron chi connectivity index (χ4n) is 4.03. The predicted octanol–water partition coefficient (Wildman–Crippen LogP) is 1.82. The Morgan fingerprint density at radius 2 is 2.03 bits per heavy atom. The number of aromatic nitrogens is 3. The minimum Gasteiger partial charge on any atom is -0.493 e. The van der Waals surface area contributed by atoms with E-state index in [-0.39, 0.29) is 17.7 Å². The molecule has 4 rings (SSSR count). The molecule has 188 valence electrons. The van der Waals surface area contributed by atoms with Crippen LogP contribution < -0.4 is 15.4 Å². The number of fused-ring (bicyclic) bond motifs is 3. The van der Waals surface area contributed by atoms with Gasteiger partial charge in [0.1, 0.15) is 17.5 Å². The number of amides is 3. The maximum absolute atomic E-state index is 12.9. The summed E-state index contributed by atoms with van der Waals surface area (Å²) >= 11 is 0. The van der Waals surface area contributed by atoms with Crippen LogP contribution in [0.1, 0.15) is 60.6 Å². The van der Waals surface area contributed by atoms with Crippen LogP contribution in [0.3, 0.4) is 0 Å². The van der Waals surface area contributed by atoms with Gasteiger partial charge in [0.15, 0.2) is 0 Å². The van der Waals surface area contributed by atoms with Crippen molar-refractivity contribution >= 4 is 17.7 Å². The zero-order chi connectivity index (χ0) is 24.8. The lowest BCUT2D eigenvalue weighted by Crippen LogP contribution is -2.45. The smallest absolute Gasteiger partial charge is 0.255 e. The highest BCUT2D eigenvalue weighted by Gasteiger charge is 2.27. The van der Waals surface area contributed by atoms with Crippen molar-refractivity contribution < 1.29 is 19.1 Å². The molecular weight excluding hydrogens is 448 g/mol. The van der Waals surface area contributed by atoms with Crippen molar-refractivity contribution in [2.45, 2.75) is 65.1 Å². The van der Waals surface area contributed by atoms with Gasteiger partial charge >= 0.3 is 0 Å². The summed E-state index contributed by atoms with van der Waals surface area (Å²) in [5.41, 5.74) is 2.10. The zero-order valence-corrected chi connectivity index (χ0v) is 20.5. The van der Waals surface area contributed by atoms with Gasteiger partial charge < -0.3 is 20.3 Å². The molecule has 2 heterocycles. The first-order valence-electron chi connectivity index (χ1n) is 12.4. The van der Waals surface area contributed by atoms with Gasteiger partial charge in [-0.3, -0.25) is 19.1 Å². The van der Waals surface area contributed by atoms with Crippen molar-refractivity contribution in [2.75, 3.05) is 19.7 Å². The second-order valence-corrected chi connectivity index (χ2v) is 9.48. The van der Waals surface area contributed by atoms with E-state index in [9.17, 15) is 14.4 Å². The van der Waals surface area contributed by atoms with Crippen LogP contribution in [0.4, 0.5) is 0 Å². The lowest BCUT2D eigenvalue weighted by molar-refractivity contribution is -0.132. The third-order valence-corrected chi connectivity index (χ3v) is 6.27. The average Bonchev–Trinajstić information content (AvgIpc) is 3.53. The van der Waals surface area contributed by atoms with Crippen LogP contribution in [0.15, 0.2) is 24.4 Å². The Morgan fingerprint density at radius 1 is 1.20 bits per heavy atom. The lowest BCUT2D eigenvalue weighted by atomic mass is 10.1. The highest BCUT2D eigenvalue weighted by molar-refractivity contribution is 5.99. The topological polar surface area (TPSA) is 118 Å². The Balaban J connectivity index is 1.48. The van der Waals surface area contributed by atoms with E-state index in [1.54, 1.807) is 22.6 Å². The van der Waals surface area contributed by atoms with Gasteiger partial charge in [-0.1, -0.05) is 11.3 Å². The molecule has 1 atom stereocenters. The minimum atomic E-state index is -0.708. The molecule has 0 saturated heterocycles. The Bertz CT molecular complexity index is 1060. The van der Waals surface area contributed by atoms with Gasteiger partial charge in [-0.15, -0.1) is 5.10 Å². The number of nitrogens with zero attached hydrogens (tertiary/aromatic N) is 4. The van der Waals surface area contributed by atoms with E-state index in [0.29, 0.717) is 69.3 Å².